The van der Waals surface area contributed by atoms with Crippen molar-refractivity contribution in [3.05, 3.63) is 181 Å². The first kappa shape index (κ1) is 109. The zero-order valence-electron chi connectivity index (χ0n) is 92.6. The minimum absolute atomic E-state index is 0.149. The SMILES string of the molecule is CC(C)(C)N1CCC2(CCC(c3ccncc3)CC2)C1.CC(C)(C)N1CCC2(CCN(c3ccc(Cl)cc3)CC2)C1.CC(C)(C)N1CCC2(CCN(c3ccc(F)cc3)CC2)C1.CC(C)(C)N1CCC2(CCN(c3ccccn3)CC2)C1.CC(C)(C)N1CCC2(CCN(c3cccnc3)CC2)C1.CC(C)(C)N1CCC2(CCN(c3ccncc3)CC2)C1.CC(C)(C)N1CCC2(CCN(c3ncccn3)CC2)C1. The highest BCUT2D eigenvalue weighted by Gasteiger charge is 2.51. The van der Waals surface area contributed by atoms with Gasteiger partial charge in [-0.15, -0.1) is 0 Å². The summed E-state index contributed by atoms with van der Waals surface area (Å²) in [6, 6.07) is 36.2. The lowest BCUT2D eigenvalue weighted by Crippen LogP contribution is -2.45. The largest absolute Gasteiger partial charge is 0.371 e. The van der Waals surface area contributed by atoms with Crippen LogP contribution in [0.4, 0.5) is 38.9 Å². The van der Waals surface area contributed by atoms with Crippen LogP contribution in [0.25, 0.3) is 0 Å². The van der Waals surface area contributed by atoms with Crippen LogP contribution < -0.4 is 29.4 Å². The predicted octanol–water partition coefficient (Wildman–Crippen LogP) is 24.7. The van der Waals surface area contributed by atoms with Crippen molar-refractivity contribution in [2.45, 2.75) is 338 Å². The molecular weight excluding hydrogens is 1770 g/mol. The van der Waals surface area contributed by atoms with Crippen molar-refractivity contribution in [2.24, 2.45) is 37.9 Å². The summed E-state index contributed by atoms with van der Waals surface area (Å²) >= 11 is 5.98. The van der Waals surface area contributed by atoms with Crippen LogP contribution in [0.1, 0.15) is 305 Å². The summed E-state index contributed by atoms with van der Waals surface area (Å²) in [6.45, 7) is 80.8. The smallest absolute Gasteiger partial charge is 0.225 e. The summed E-state index contributed by atoms with van der Waals surface area (Å²) in [6.07, 6.45) is 47.9. The lowest BCUT2D eigenvalue weighted by molar-refractivity contribution is 0.122. The Morgan fingerprint density at radius 2 is 0.521 bits per heavy atom. The minimum atomic E-state index is -0.149. The number of hydrogen-bond donors (Lipinski definition) is 0. The first-order valence-corrected chi connectivity index (χ1v) is 56.2. The summed E-state index contributed by atoms with van der Waals surface area (Å²) in [5.41, 5.74) is 12.8. The van der Waals surface area contributed by atoms with Crippen molar-refractivity contribution < 1.29 is 4.39 Å². The molecule has 1 aliphatic carbocycles. The third-order valence-electron chi connectivity index (χ3n) is 37.1. The van der Waals surface area contributed by atoms with Gasteiger partial charge in [0.25, 0.3) is 0 Å². The molecule has 1 saturated carbocycles. The first-order chi connectivity index (χ1) is 67.2. The van der Waals surface area contributed by atoms with Crippen molar-refractivity contribution in [2.75, 3.05) is 200 Å². The molecule has 2 aromatic carbocycles. The van der Waals surface area contributed by atoms with E-state index in [9.17, 15) is 4.39 Å². The number of rotatable bonds is 7. The van der Waals surface area contributed by atoms with E-state index in [0.29, 0.717) is 71.1 Å². The summed E-state index contributed by atoms with van der Waals surface area (Å²) in [5.74, 6) is 2.66. The summed E-state index contributed by atoms with van der Waals surface area (Å²) in [7, 11) is 0. The standard InChI is InChI=1S/C18H27ClN2.C18H27FN2.C18H28N2.3C17H27N3.C16H26N4/c2*1-17(2,3)21-13-10-18(14-21)8-11-20(12-9-18)16-6-4-15(19)5-7-16;1-17(2,3)20-13-10-18(14-20)8-4-15(5-9-18)16-6-11-19-12-7-16;1-16(2,3)20-13-8-17(14-20)6-11-19(12-7-17)15-4-9-18-10-5-15;1-16(2,3)20-12-8-17(14-20)6-10-19(11-7-17)15-5-4-9-18-13-15;1-16(2,3)20-13-9-17(14-20)7-11-19(12-8-17)15-6-4-5-10-18-15;1-15(2,3)20-12-7-16(13-20)5-10-19(11-6-16)14-17-8-4-9-18-14/h2*4-7H,8-14H2,1-3H3;6-7,11-12,15H,4-5,8-10,13-14H2,1-3H3;4-5,9-10H,6-8,11-14H2,1-3H3;4-5,9,13H,6-8,10-12,14H2,1-3H3;4-6,10H,7-9,11-14H2,1-3H3;4,8-9H,5-7,10-13H2,1-3H3. The van der Waals surface area contributed by atoms with Gasteiger partial charge in [-0.3, -0.25) is 49.3 Å². The van der Waals surface area contributed by atoms with Crippen LogP contribution in [0.3, 0.4) is 0 Å². The molecule has 7 aromatic rings. The summed E-state index contributed by atoms with van der Waals surface area (Å²) in [5, 5.41) is 0.823. The van der Waals surface area contributed by atoms with E-state index in [1.165, 1.54) is 301 Å². The molecule has 21 rings (SSSR count). The number of nitrogens with zero attached hydrogens (tertiary/aromatic N) is 19. The highest BCUT2D eigenvalue weighted by molar-refractivity contribution is 6.30. The average Bonchev–Trinajstić information content (AvgIpc) is 1.68. The Morgan fingerprint density at radius 3 is 0.817 bits per heavy atom. The van der Waals surface area contributed by atoms with Gasteiger partial charge in [0.2, 0.25) is 5.95 Å². The van der Waals surface area contributed by atoms with Crippen molar-refractivity contribution in [1.82, 2.24) is 64.2 Å². The number of hydrogen-bond acceptors (Lipinski definition) is 19. The molecule has 0 unspecified atom stereocenters. The number of likely N-dealkylation sites (tertiary alicyclic amines) is 7. The molecule has 13 aliphatic heterocycles. The van der Waals surface area contributed by atoms with E-state index < -0.39 is 0 Å². The van der Waals surface area contributed by atoms with Gasteiger partial charge in [0.15, 0.2) is 0 Å². The molecule has 142 heavy (non-hydrogen) atoms. The summed E-state index contributed by atoms with van der Waals surface area (Å²) in [4.78, 5) is 59.1. The summed E-state index contributed by atoms with van der Waals surface area (Å²) < 4.78 is 13.0. The van der Waals surface area contributed by atoms with Crippen molar-refractivity contribution in [3.8, 4) is 0 Å². The molecule has 782 valence electrons. The molecule has 19 nitrogen and oxygen atoms in total. The fraction of sp³-hybridized carbons (Fsp3) is 0.702. The van der Waals surface area contributed by atoms with Gasteiger partial charge in [-0.05, 0) is 491 Å². The van der Waals surface area contributed by atoms with E-state index in [1.807, 2.05) is 98.2 Å². The number of halogens is 2. The van der Waals surface area contributed by atoms with Gasteiger partial charge in [-0.1, -0.05) is 17.7 Å². The van der Waals surface area contributed by atoms with E-state index >= 15 is 0 Å². The molecule has 13 saturated heterocycles. The van der Waals surface area contributed by atoms with Crippen molar-refractivity contribution in [3.63, 3.8) is 0 Å². The van der Waals surface area contributed by atoms with E-state index in [1.54, 1.807) is 12.1 Å². The maximum atomic E-state index is 13.0. The lowest BCUT2D eigenvalue weighted by atomic mass is 9.68. The highest BCUT2D eigenvalue weighted by atomic mass is 35.5. The number of anilines is 6. The molecule has 18 heterocycles. The number of piperidine rings is 6. The molecule has 0 radical (unpaired) electrons. The first-order valence-electron chi connectivity index (χ1n) is 55.8. The fourth-order valence-electron chi connectivity index (χ4n) is 26.4. The van der Waals surface area contributed by atoms with Crippen molar-refractivity contribution >= 4 is 46.1 Å². The normalized spacial score (nSPS) is 24.5. The van der Waals surface area contributed by atoms with E-state index in [0.717, 1.165) is 67.7 Å². The molecule has 0 amide bonds. The van der Waals surface area contributed by atoms with Gasteiger partial charge in [-0.2, -0.15) is 0 Å². The maximum absolute atomic E-state index is 13.0. The quantitative estimate of drug-likeness (QED) is 0.150. The number of aromatic nitrogens is 6. The van der Waals surface area contributed by atoms with Gasteiger partial charge in [0.1, 0.15) is 11.6 Å². The average molecular weight is 1960 g/mol. The Balaban J connectivity index is 0.000000125. The maximum Gasteiger partial charge on any atom is 0.225 e. The molecule has 7 spiro atoms. The topological polar surface area (TPSA) is 119 Å². The molecule has 0 bridgehead atoms. The van der Waals surface area contributed by atoms with Crippen LogP contribution in [-0.2, 0) is 0 Å². The fourth-order valence-corrected chi connectivity index (χ4v) is 26.5. The van der Waals surface area contributed by atoms with Crippen LogP contribution in [0.15, 0.2) is 165 Å². The molecule has 0 atom stereocenters. The third kappa shape index (κ3) is 28.7. The van der Waals surface area contributed by atoms with E-state index in [2.05, 4.69) is 294 Å². The highest BCUT2D eigenvalue weighted by Crippen LogP contribution is 2.53. The Labute approximate surface area is 865 Å². The Morgan fingerprint density at radius 1 is 0.246 bits per heavy atom. The van der Waals surface area contributed by atoms with Crippen LogP contribution in [0.2, 0.25) is 5.02 Å². The molecule has 14 aliphatic rings. The van der Waals surface area contributed by atoms with Gasteiger partial charge in [-0.25, -0.2) is 19.3 Å². The van der Waals surface area contributed by atoms with Gasteiger partial charge in [0.05, 0.1) is 11.9 Å². The Kier molecular flexibility index (Phi) is 34.9. The van der Waals surface area contributed by atoms with Gasteiger partial charge >= 0.3 is 0 Å². The predicted molar refractivity (Wildman–Crippen MR) is 595 cm³/mol. The zero-order valence-corrected chi connectivity index (χ0v) is 93.3. The number of benzene rings is 2. The Bertz CT molecular complexity index is 4320. The van der Waals surface area contributed by atoms with Crippen molar-refractivity contribution in [1.29, 1.82) is 0 Å². The molecule has 14 fully saturated rings. The second-order valence-electron chi connectivity index (χ2n) is 53.5. The molecular formula is C121H189ClFN19. The lowest BCUT2D eigenvalue weighted by Gasteiger charge is -2.41. The minimum Gasteiger partial charge on any atom is -0.371 e. The number of pyridine rings is 4. The van der Waals surface area contributed by atoms with Gasteiger partial charge < -0.3 is 29.4 Å². The van der Waals surface area contributed by atoms with Gasteiger partial charge in [0, 0.05) is 235 Å². The van der Waals surface area contributed by atoms with Crippen LogP contribution >= 0.6 is 11.6 Å². The molecule has 0 N–H and O–H groups in total. The monoisotopic (exact) mass is 1960 g/mol. The third-order valence-corrected chi connectivity index (χ3v) is 37.4. The van der Waals surface area contributed by atoms with Crippen LogP contribution in [-0.4, -0.2) is 273 Å². The second kappa shape index (κ2) is 45.5. The molecule has 21 heteroatoms. The molecule has 5 aromatic heterocycles. The zero-order chi connectivity index (χ0) is 101. The van der Waals surface area contributed by atoms with E-state index in [4.69, 9.17) is 11.6 Å². The second-order valence-corrected chi connectivity index (χ2v) is 53.9. The van der Waals surface area contributed by atoms with Crippen LogP contribution in [0.5, 0.6) is 0 Å². The van der Waals surface area contributed by atoms with E-state index in [-0.39, 0.29) is 11.4 Å². The van der Waals surface area contributed by atoms with Crippen LogP contribution in [0, 0.1) is 43.7 Å². The Hall–Kier alpha value is -7.14.